The Hall–Kier alpha value is -1.87. The molecule has 1 aromatic rings. The van der Waals surface area contributed by atoms with Crippen LogP contribution >= 0.6 is 0 Å². The number of aryl methyl sites for hydroxylation is 1. The van der Waals surface area contributed by atoms with Crippen molar-refractivity contribution in [3.8, 4) is 0 Å². The third-order valence-electron chi connectivity index (χ3n) is 2.81. The van der Waals surface area contributed by atoms with Crippen molar-refractivity contribution >= 4 is 22.0 Å². The number of rotatable bonds is 7. The Labute approximate surface area is 123 Å². The van der Waals surface area contributed by atoms with Crippen LogP contribution in [0.15, 0.2) is 17.2 Å². The van der Waals surface area contributed by atoms with Gasteiger partial charge in [-0.25, -0.2) is 17.5 Å². The standard InChI is InChI=1S/C12H18N2O6S/c1-4-20-12(17)10-7-9(8-13(10)2)21(18,19)14(3)6-5-11(15)16/h7-8H,4-6H2,1-3H3,(H,15,16). The predicted molar refractivity (Wildman–Crippen MR) is 73.4 cm³/mol. The Morgan fingerprint density at radius 1 is 1.43 bits per heavy atom. The number of aliphatic carboxylic acids is 1. The summed E-state index contributed by atoms with van der Waals surface area (Å²) in [7, 11) is -1.03. The highest BCUT2D eigenvalue weighted by Gasteiger charge is 2.25. The Morgan fingerprint density at radius 2 is 2.05 bits per heavy atom. The van der Waals surface area contributed by atoms with Gasteiger partial charge in [0.2, 0.25) is 10.0 Å². The van der Waals surface area contributed by atoms with E-state index in [1.807, 2.05) is 0 Å². The molecule has 0 saturated heterocycles. The van der Waals surface area contributed by atoms with Gasteiger partial charge < -0.3 is 14.4 Å². The van der Waals surface area contributed by atoms with Crippen molar-refractivity contribution in [2.45, 2.75) is 18.2 Å². The molecule has 118 valence electrons. The van der Waals surface area contributed by atoms with Crippen molar-refractivity contribution in [3.05, 3.63) is 18.0 Å². The lowest BCUT2D eigenvalue weighted by Crippen LogP contribution is -2.29. The molecule has 0 fully saturated rings. The van der Waals surface area contributed by atoms with E-state index in [1.165, 1.54) is 30.9 Å². The first-order valence-electron chi connectivity index (χ1n) is 6.21. The fourth-order valence-corrected chi connectivity index (χ4v) is 2.88. The molecule has 0 saturated carbocycles. The number of ether oxygens (including phenoxy) is 1. The molecule has 21 heavy (non-hydrogen) atoms. The maximum Gasteiger partial charge on any atom is 0.354 e. The molecule has 0 aliphatic rings. The molecule has 0 atom stereocenters. The number of carboxylic acids is 1. The Bertz CT molecular complexity index is 634. The molecule has 1 rings (SSSR count). The van der Waals surface area contributed by atoms with Gasteiger partial charge in [0.1, 0.15) is 10.6 Å². The molecule has 0 spiro atoms. The summed E-state index contributed by atoms with van der Waals surface area (Å²) in [4.78, 5) is 22.1. The van der Waals surface area contributed by atoms with Gasteiger partial charge in [0.25, 0.3) is 0 Å². The normalized spacial score (nSPS) is 11.6. The molecule has 0 aromatic carbocycles. The molecule has 0 radical (unpaired) electrons. The van der Waals surface area contributed by atoms with E-state index in [1.54, 1.807) is 6.92 Å². The van der Waals surface area contributed by atoms with Gasteiger partial charge in [-0.3, -0.25) is 4.79 Å². The number of hydrogen-bond acceptors (Lipinski definition) is 5. The third kappa shape index (κ3) is 4.05. The molecule has 0 amide bonds. The van der Waals surface area contributed by atoms with Crippen LogP contribution < -0.4 is 0 Å². The van der Waals surface area contributed by atoms with Crippen molar-refractivity contribution < 1.29 is 27.9 Å². The quantitative estimate of drug-likeness (QED) is 0.725. The van der Waals surface area contributed by atoms with Crippen LogP contribution in [0, 0.1) is 0 Å². The molecule has 9 heteroatoms. The van der Waals surface area contributed by atoms with Gasteiger partial charge in [-0.1, -0.05) is 0 Å². The lowest BCUT2D eigenvalue weighted by atomic mass is 10.4. The Balaban J connectivity index is 3.01. The summed E-state index contributed by atoms with van der Waals surface area (Å²) in [5, 5.41) is 8.59. The second-order valence-electron chi connectivity index (χ2n) is 4.36. The van der Waals surface area contributed by atoms with Crippen LogP contribution in [0.4, 0.5) is 0 Å². The number of aromatic nitrogens is 1. The van der Waals surface area contributed by atoms with Gasteiger partial charge in [-0.2, -0.15) is 0 Å². The summed E-state index contributed by atoms with van der Waals surface area (Å²) >= 11 is 0. The summed E-state index contributed by atoms with van der Waals surface area (Å²) in [6, 6.07) is 1.21. The van der Waals surface area contributed by atoms with E-state index in [0.29, 0.717) is 0 Å². The number of nitrogens with zero attached hydrogens (tertiary/aromatic N) is 2. The lowest BCUT2D eigenvalue weighted by Gasteiger charge is -2.14. The molecule has 0 aliphatic carbocycles. The Morgan fingerprint density at radius 3 is 2.57 bits per heavy atom. The molecule has 8 nitrogen and oxygen atoms in total. The van der Waals surface area contributed by atoms with Crippen LogP contribution in [0.5, 0.6) is 0 Å². The van der Waals surface area contributed by atoms with Crippen LogP contribution in [0.1, 0.15) is 23.8 Å². The molecular formula is C12H18N2O6S. The predicted octanol–water partition coefficient (Wildman–Crippen LogP) is 0.297. The average molecular weight is 318 g/mol. The molecule has 1 heterocycles. The van der Waals surface area contributed by atoms with Crippen LogP contribution in [-0.2, 0) is 26.6 Å². The first-order chi connectivity index (χ1) is 9.70. The Kier molecular flexibility index (Phi) is 5.50. The number of carboxylic acid groups (broad SMARTS) is 1. The largest absolute Gasteiger partial charge is 0.481 e. The minimum absolute atomic E-state index is 0.0825. The van der Waals surface area contributed by atoms with Gasteiger partial charge in [0, 0.05) is 26.8 Å². The van der Waals surface area contributed by atoms with Gasteiger partial charge in [0.05, 0.1) is 13.0 Å². The topological polar surface area (TPSA) is 106 Å². The van der Waals surface area contributed by atoms with E-state index < -0.39 is 22.0 Å². The smallest absolute Gasteiger partial charge is 0.354 e. The molecule has 0 bridgehead atoms. The maximum absolute atomic E-state index is 12.3. The molecule has 1 aromatic heterocycles. The first kappa shape index (κ1) is 17.2. The number of esters is 1. The zero-order valence-electron chi connectivity index (χ0n) is 12.1. The minimum Gasteiger partial charge on any atom is -0.481 e. The number of hydrogen-bond donors (Lipinski definition) is 1. The zero-order chi connectivity index (χ0) is 16.2. The van der Waals surface area contributed by atoms with Crippen molar-refractivity contribution in [1.29, 1.82) is 0 Å². The minimum atomic E-state index is -3.84. The highest BCUT2D eigenvalue weighted by Crippen LogP contribution is 2.18. The SMILES string of the molecule is CCOC(=O)c1cc(S(=O)(=O)N(C)CCC(=O)O)cn1C. The van der Waals surface area contributed by atoms with Crippen molar-refractivity contribution in [2.24, 2.45) is 7.05 Å². The van der Waals surface area contributed by atoms with E-state index in [2.05, 4.69) is 0 Å². The van der Waals surface area contributed by atoms with Gasteiger partial charge in [-0.15, -0.1) is 0 Å². The van der Waals surface area contributed by atoms with Gasteiger partial charge in [0.15, 0.2) is 0 Å². The van der Waals surface area contributed by atoms with E-state index >= 15 is 0 Å². The second-order valence-corrected chi connectivity index (χ2v) is 6.41. The summed E-state index contributed by atoms with van der Waals surface area (Å²) in [5.74, 6) is -1.70. The van der Waals surface area contributed by atoms with Crippen molar-refractivity contribution in [1.82, 2.24) is 8.87 Å². The van der Waals surface area contributed by atoms with E-state index in [-0.39, 0.29) is 30.2 Å². The lowest BCUT2D eigenvalue weighted by molar-refractivity contribution is -0.137. The van der Waals surface area contributed by atoms with E-state index in [4.69, 9.17) is 9.84 Å². The van der Waals surface area contributed by atoms with Crippen LogP contribution in [-0.4, -0.2) is 54.5 Å². The van der Waals surface area contributed by atoms with E-state index in [9.17, 15) is 18.0 Å². The third-order valence-corrected chi connectivity index (χ3v) is 4.64. The van der Waals surface area contributed by atoms with Crippen LogP contribution in [0.25, 0.3) is 0 Å². The van der Waals surface area contributed by atoms with Crippen molar-refractivity contribution in [2.75, 3.05) is 20.2 Å². The monoisotopic (exact) mass is 318 g/mol. The zero-order valence-corrected chi connectivity index (χ0v) is 12.9. The number of carbonyl (C=O) groups excluding carboxylic acids is 1. The molecular weight excluding hydrogens is 300 g/mol. The maximum atomic E-state index is 12.3. The molecule has 0 unspecified atom stereocenters. The number of sulfonamides is 1. The van der Waals surface area contributed by atoms with Crippen LogP contribution in [0.3, 0.4) is 0 Å². The highest BCUT2D eigenvalue weighted by atomic mass is 32.2. The molecule has 0 aliphatic heterocycles. The summed E-state index contributed by atoms with van der Waals surface area (Å²) in [6.07, 6.45) is 0.992. The summed E-state index contributed by atoms with van der Waals surface area (Å²) < 4.78 is 31.6. The van der Waals surface area contributed by atoms with Crippen LogP contribution in [0.2, 0.25) is 0 Å². The molecule has 1 N–H and O–H groups in total. The summed E-state index contributed by atoms with van der Waals surface area (Å²) in [6.45, 7) is 1.68. The average Bonchev–Trinajstić information content (AvgIpc) is 2.78. The van der Waals surface area contributed by atoms with E-state index in [0.717, 1.165) is 4.31 Å². The van der Waals surface area contributed by atoms with Gasteiger partial charge in [-0.05, 0) is 13.0 Å². The summed E-state index contributed by atoms with van der Waals surface area (Å²) in [5.41, 5.74) is 0.113. The first-order valence-corrected chi connectivity index (χ1v) is 7.65. The second kappa shape index (κ2) is 6.72. The highest BCUT2D eigenvalue weighted by molar-refractivity contribution is 7.89. The fraction of sp³-hybridized carbons (Fsp3) is 0.500. The number of carbonyl (C=O) groups is 2. The van der Waals surface area contributed by atoms with Gasteiger partial charge >= 0.3 is 11.9 Å². The van der Waals surface area contributed by atoms with Crippen molar-refractivity contribution in [3.63, 3.8) is 0 Å². The fourth-order valence-electron chi connectivity index (χ4n) is 1.64.